The minimum absolute atomic E-state index is 0.274. The average molecular weight is 264 g/mol. The van der Waals surface area contributed by atoms with Gasteiger partial charge in [0.05, 0.1) is 0 Å². The number of likely N-dealkylation sites (tertiary alicyclic amines) is 1. The van der Waals surface area contributed by atoms with Gasteiger partial charge >= 0.3 is 0 Å². The summed E-state index contributed by atoms with van der Waals surface area (Å²) < 4.78 is 13.2. The van der Waals surface area contributed by atoms with E-state index in [9.17, 15) is 4.39 Å². The summed E-state index contributed by atoms with van der Waals surface area (Å²) in [5, 5.41) is 0. The molecule has 1 saturated carbocycles. The van der Waals surface area contributed by atoms with Crippen LogP contribution >= 0.6 is 12.2 Å². The molecule has 1 aliphatic carbocycles. The molecule has 1 saturated heterocycles. The van der Waals surface area contributed by atoms with Gasteiger partial charge in [0.2, 0.25) is 0 Å². The maximum absolute atomic E-state index is 13.2. The van der Waals surface area contributed by atoms with Crippen molar-refractivity contribution in [3.8, 4) is 0 Å². The molecule has 0 aromatic heterocycles. The van der Waals surface area contributed by atoms with Crippen LogP contribution in [0.25, 0.3) is 0 Å². The molecule has 4 heteroatoms. The summed E-state index contributed by atoms with van der Waals surface area (Å²) >= 11 is 5.01. The molecule has 96 valence electrons. The van der Waals surface area contributed by atoms with E-state index in [0.717, 1.165) is 18.0 Å². The first-order valence-electron chi connectivity index (χ1n) is 6.46. The molecule has 18 heavy (non-hydrogen) atoms. The molecular weight excluding hydrogens is 247 g/mol. The van der Waals surface area contributed by atoms with Crippen LogP contribution in [0, 0.1) is 11.7 Å². The summed E-state index contributed by atoms with van der Waals surface area (Å²) in [6.07, 6.45) is 3.99. The Morgan fingerprint density at radius 1 is 1.44 bits per heavy atom. The van der Waals surface area contributed by atoms with Gasteiger partial charge in [-0.2, -0.15) is 0 Å². The second kappa shape index (κ2) is 4.59. The lowest BCUT2D eigenvalue weighted by atomic mass is 10.0. The molecular formula is C14H17FN2S. The van der Waals surface area contributed by atoms with Crippen molar-refractivity contribution in [3.63, 3.8) is 0 Å². The third kappa shape index (κ3) is 2.15. The molecule has 1 aromatic carbocycles. The zero-order valence-electron chi connectivity index (χ0n) is 10.2. The van der Waals surface area contributed by atoms with E-state index in [1.54, 1.807) is 0 Å². The molecule has 2 aliphatic rings. The van der Waals surface area contributed by atoms with Gasteiger partial charge < -0.3 is 5.73 Å². The predicted octanol–water partition coefficient (Wildman–Crippen LogP) is 2.44. The largest absolute Gasteiger partial charge is 0.389 e. The Morgan fingerprint density at radius 2 is 2.28 bits per heavy atom. The Balaban J connectivity index is 1.82. The van der Waals surface area contributed by atoms with E-state index in [1.807, 2.05) is 6.07 Å². The summed E-state index contributed by atoms with van der Waals surface area (Å²) in [6.45, 7) is 2.01. The first-order chi connectivity index (χ1) is 8.63. The van der Waals surface area contributed by atoms with Gasteiger partial charge in [0.25, 0.3) is 0 Å². The van der Waals surface area contributed by atoms with Crippen LogP contribution in [-0.2, 0) is 6.54 Å². The topological polar surface area (TPSA) is 29.3 Å². The summed E-state index contributed by atoms with van der Waals surface area (Å²) in [4.78, 5) is 2.78. The van der Waals surface area contributed by atoms with Gasteiger partial charge in [-0.15, -0.1) is 0 Å². The van der Waals surface area contributed by atoms with Crippen LogP contribution in [0.2, 0.25) is 0 Å². The van der Waals surface area contributed by atoms with Crippen molar-refractivity contribution in [2.24, 2.45) is 11.7 Å². The van der Waals surface area contributed by atoms with Gasteiger partial charge in [0.1, 0.15) is 10.8 Å². The zero-order chi connectivity index (χ0) is 12.7. The van der Waals surface area contributed by atoms with E-state index < -0.39 is 0 Å². The number of nitrogens with two attached hydrogens (primary N) is 1. The fraction of sp³-hybridized carbons (Fsp3) is 0.500. The normalized spacial score (nSPS) is 26.7. The van der Waals surface area contributed by atoms with Crippen molar-refractivity contribution in [1.29, 1.82) is 0 Å². The number of rotatable bonds is 3. The highest BCUT2D eigenvalue weighted by atomic mass is 32.1. The number of piperidine rings is 1. The minimum atomic E-state index is -0.274. The quantitative estimate of drug-likeness (QED) is 0.850. The number of nitrogens with zero attached hydrogens (tertiary/aromatic N) is 1. The fourth-order valence-corrected chi connectivity index (χ4v) is 3.55. The van der Waals surface area contributed by atoms with Gasteiger partial charge in [-0.05, 0) is 42.9 Å². The van der Waals surface area contributed by atoms with Crippen LogP contribution in [0.1, 0.15) is 30.4 Å². The van der Waals surface area contributed by atoms with Crippen molar-refractivity contribution in [3.05, 3.63) is 35.1 Å². The predicted molar refractivity (Wildman–Crippen MR) is 73.8 cm³/mol. The summed E-state index contributed by atoms with van der Waals surface area (Å²) in [5.74, 6) is 0.591. The summed E-state index contributed by atoms with van der Waals surface area (Å²) in [6, 6.07) is 5.46. The van der Waals surface area contributed by atoms with Gasteiger partial charge in [-0.3, -0.25) is 4.90 Å². The van der Waals surface area contributed by atoms with Crippen LogP contribution in [0.5, 0.6) is 0 Å². The number of hydrogen-bond donors (Lipinski definition) is 1. The lowest BCUT2D eigenvalue weighted by Gasteiger charge is -2.27. The maximum Gasteiger partial charge on any atom is 0.123 e. The molecule has 0 spiro atoms. The van der Waals surface area contributed by atoms with E-state index >= 15 is 0 Å². The van der Waals surface area contributed by atoms with Crippen molar-refractivity contribution >= 4 is 17.2 Å². The number of fused-ring (bicyclic) bond motifs is 2. The molecule has 2 bridgehead atoms. The lowest BCUT2D eigenvalue weighted by molar-refractivity contribution is 0.205. The number of benzene rings is 1. The highest BCUT2D eigenvalue weighted by Crippen LogP contribution is 2.38. The van der Waals surface area contributed by atoms with E-state index in [1.165, 1.54) is 37.9 Å². The monoisotopic (exact) mass is 264 g/mol. The maximum atomic E-state index is 13.2. The Morgan fingerprint density at radius 3 is 2.89 bits per heavy atom. The molecule has 1 heterocycles. The minimum Gasteiger partial charge on any atom is -0.389 e. The van der Waals surface area contributed by atoms with Crippen LogP contribution in [-0.4, -0.2) is 22.5 Å². The Bertz CT molecular complexity index is 489. The third-order valence-electron chi connectivity index (χ3n) is 4.23. The Kier molecular flexibility index (Phi) is 3.08. The molecule has 2 nitrogen and oxygen atoms in total. The van der Waals surface area contributed by atoms with E-state index in [-0.39, 0.29) is 10.8 Å². The first-order valence-corrected chi connectivity index (χ1v) is 6.86. The standard InChI is InChI=1S/C14H17FN2S/c15-11-3-2-10(13(6-11)14(16)18)8-17-7-9-1-4-12(17)5-9/h2-3,6,9,12H,1,4-5,7-8H2,(H2,16,18). The van der Waals surface area contributed by atoms with Gasteiger partial charge in [-0.1, -0.05) is 18.3 Å². The first kappa shape index (κ1) is 12.1. The molecule has 2 unspecified atom stereocenters. The van der Waals surface area contributed by atoms with Gasteiger partial charge in [-0.25, -0.2) is 4.39 Å². The van der Waals surface area contributed by atoms with Crippen LogP contribution in [0.15, 0.2) is 18.2 Å². The average Bonchev–Trinajstić information content (AvgIpc) is 2.93. The third-order valence-corrected chi connectivity index (χ3v) is 4.45. The molecule has 1 aliphatic heterocycles. The van der Waals surface area contributed by atoms with Gasteiger partial charge in [0, 0.05) is 24.7 Å². The number of halogens is 1. The highest BCUT2D eigenvalue weighted by molar-refractivity contribution is 7.80. The van der Waals surface area contributed by atoms with Crippen molar-refractivity contribution in [1.82, 2.24) is 4.90 Å². The Labute approximate surface area is 112 Å². The molecule has 0 amide bonds. The van der Waals surface area contributed by atoms with Crippen molar-refractivity contribution in [2.75, 3.05) is 6.54 Å². The molecule has 0 radical (unpaired) electrons. The second-order valence-electron chi connectivity index (χ2n) is 5.43. The Hall–Kier alpha value is -1.00. The smallest absolute Gasteiger partial charge is 0.123 e. The van der Waals surface area contributed by atoms with E-state index in [0.29, 0.717) is 11.6 Å². The molecule has 2 fully saturated rings. The summed E-state index contributed by atoms with van der Waals surface area (Å²) in [7, 11) is 0. The number of thiocarbonyl (C=S) groups is 1. The zero-order valence-corrected chi connectivity index (χ0v) is 11.0. The van der Waals surface area contributed by atoms with Crippen molar-refractivity contribution in [2.45, 2.75) is 31.8 Å². The lowest BCUT2D eigenvalue weighted by Crippen LogP contribution is -2.32. The number of hydrogen-bond acceptors (Lipinski definition) is 2. The highest BCUT2D eigenvalue weighted by Gasteiger charge is 2.37. The van der Waals surface area contributed by atoms with E-state index in [2.05, 4.69) is 4.90 Å². The van der Waals surface area contributed by atoms with Crippen molar-refractivity contribution < 1.29 is 4.39 Å². The molecule has 1 aromatic rings. The van der Waals surface area contributed by atoms with Gasteiger partial charge in [0.15, 0.2) is 0 Å². The van der Waals surface area contributed by atoms with Crippen LogP contribution < -0.4 is 5.73 Å². The summed E-state index contributed by atoms with van der Waals surface area (Å²) in [5.41, 5.74) is 7.42. The SMILES string of the molecule is NC(=S)c1cc(F)ccc1CN1CC2CCC1C2. The molecule has 2 N–H and O–H groups in total. The fourth-order valence-electron chi connectivity index (χ4n) is 3.36. The molecule has 2 atom stereocenters. The van der Waals surface area contributed by atoms with Crippen LogP contribution in [0.4, 0.5) is 4.39 Å². The molecule has 3 rings (SSSR count). The van der Waals surface area contributed by atoms with E-state index in [4.69, 9.17) is 18.0 Å². The second-order valence-corrected chi connectivity index (χ2v) is 5.87. The van der Waals surface area contributed by atoms with Crippen LogP contribution in [0.3, 0.4) is 0 Å².